The highest BCUT2D eigenvalue weighted by Crippen LogP contribution is 2.34. The molecule has 1 atom stereocenters. The van der Waals surface area contributed by atoms with Crippen LogP contribution in [-0.2, 0) is 12.8 Å². The molecule has 0 saturated heterocycles. The molecule has 1 unspecified atom stereocenters. The molecule has 2 aromatic carbocycles. The third-order valence-electron chi connectivity index (χ3n) is 5.59. The van der Waals surface area contributed by atoms with E-state index < -0.39 is 0 Å². The fourth-order valence-electron chi connectivity index (χ4n) is 4.13. The van der Waals surface area contributed by atoms with Gasteiger partial charge in [-0.3, -0.25) is 0 Å². The molecule has 1 aliphatic carbocycles. The monoisotopic (exact) mass is 357 g/mol. The largest absolute Gasteiger partial charge is 0.493 e. The second kappa shape index (κ2) is 7.03. The van der Waals surface area contributed by atoms with E-state index in [2.05, 4.69) is 45.8 Å². The number of hydrogen-bond donors (Lipinski definition) is 1. The van der Waals surface area contributed by atoms with E-state index in [1.165, 1.54) is 42.4 Å². The minimum atomic E-state index is 0.207. The maximum Gasteiger partial charge on any atom is 0.149 e. The van der Waals surface area contributed by atoms with Crippen LogP contribution >= 0.6 is 0 Å². The Bertz CT molecular complexity index is 952. The number of hydrogen-bond acceptors (Lipinski definition) is 4. The molecule has 0 saturated carbocycles. The summed E-state index contributed by atoms with van der Waals surface area (Å²) in [5.41, 5.74) is 6.24. The van der Waals surface area contributed by atoms with E-state index in [1.807, 2.05) is 24.3 Å². The quantitative estimate of drug-likeness (QED) is 0.720. The summed E-state index contributed by atoms with van der Waals surface area (Å²) in [7, 11) is 0. The Hall–Kier alpha value is -2.88. The number of para-hydroxylation sites is 1. The van der Waals surface area contributed by atoms with Gasteiger partial charge in [0.25, 0.3) is 0 Å². The highest BCUT2D eigenvalue weighted by Gasteiger charge is 2.21. The van der Waals surface area contributed by atoms with Crippen LogP contribution in [0, 0.1) is 0 Å². The molecule has 5 rings (SSSR count). The maximum atomic E-state index is 5.74. The zero-order chi connectivity index (χ0) is 18.1. The van der Waals surface area contributed by atoms with E-state index >= 15 is 0 Å². The van der Waals surface area contributed by atoms with E-state index in [0.29, 0.717) is 0 Å². The van der Waals surface area contributed by atoms with Gasteiger partial charge in [-0.15, -0.1) is 10.2 Å². The summed E-state index contributed by atoms with van der Waals surface area (Å²) in [5.74, 6) is 1.76. The molecule has 4 nitrogen and oxygen atoms in total. The molecule has 3 aromatic rings. The van der Waals surface area contributed by atoms with Crippen molar-refractivity contribution in [1.82, 2.24) is 10.2 Å². The van der Waals surface area contributed by atoms with Gasteiger partial charge in [-0.25, -0.2) is 0 Å². The van der Waals surface area contributed by atoms with Crippen molar-refractivity contribution in [2.24, 2.45) is 0 Å². The number of nitrogens with zero attached hydrogens (tertiary/aromatic N) is 2. The lowest BCUT2D eigenvalue weighted by Crippen LogP contribution is -2.20. The van der Waals surface area contributed by atoms with E-state index in [-0.39, 0.29) is 6.04 Å². The molecule has 0 radical (unpaired) electrons. The second-order valence-electron chi connectivity index (χ2n) is 7.37. The summed E-state index contributed by atoms with van der Waals surface area (Å²) >= 11 is 0. The Balaban J connectivity index is 1.35. The van der Waals surface area contributed by atoms with Gasteiger partial charge >= 0.3 is 0 Å². The van der Waals surface area contributed by atoms with Gasteiger partial charge in [0.05, 0.1) is 18.3 Å². The van der Waals surface area contributed by atoms with Crippen molar-refractivity contribution in [2.75, 3.05) is 11.9 Å². The highest BCUT2D eigenvalue weighted by atomic mass is 16.5. The highest BCUT2D eigenvalue weighted by molar-refractivity contribution is 5.62. The van der Waals surface area contributed by atoms with Crippen LogP contribution in [0.3, 0.4) is 0 Å². The second-order valence-corrected chi connectivity index (χ2v) is 7.37. The topological polar surface area (TPSA) is 47.0 Å². The van der Waals surface area contributed by atoms with Crippen LogP contribution in [0.4, 0.5) is 5.82 Å². The van der Waals surface area contributed by atoms with Gasteiger partial charge in [0.15, 0.2) is 0 Å². The summed E-state index contributed by atoms with van der Waals surface area (Å²) in [6, 6.07) is 19.2. The van der Waals surface area contributed by atoms with Crippen molar-refractivity contribution >= 4 is 5.82 Å². The van der Waals surface area contributed by atoms with Gasteiger partial charge in [-0.1, -0.05) is 30.3 Å². The third-order valence-corrected chi connectivity index (χ3v) is 5.59. The normalized spacial score (nSPS) is 18.1. The molecule has 0 fully saturated rings. The average molecular weight is 357 g/mol. The molecular weight excluding hydrogens is 334 g/mol. The summed E-state index contributed by atoms with van der Waals surface area (Å²) in [4.78, 5) is 0. The molecule has 0 amide bonds. The lowest BCUT2D eigenvalue weighted by Gasteiger charge is -2.26. The van der Waals surface area contributed by atoms with Crippen LogP contribution in [-0.4, -0.2) is 16.8 Å². The summed E-state index contributed by atoms with van der Waals surface area (Å²) in [5, 5.41) is 12.4. The summed E-state index contributed by atoms with van der Waals surface area (Å²) in [6.45, 7) is 0.718. The van der Waals surface area contributed by atoms with Crippen LogP contribution in [0.2, 0.25) is 0 Å². The molecule has 0 bridgehead atoms. The molecule has 1 aliphatic heterocycles. The third kappa shape index (κ3) is 3.27. The fraction of sp³-hybridized carbons (Fsp3) is 0.304. The van der Waals surface area contributed by atoms with E-state index in [9.17, 15) is 0 Å². The molecule has 2 aliphatic rings. The zero-order valence-corrected chi connectivity index (χ0v) is 15.3. The van der Waals surface area contributed by atoms with Gasteiger partial charge in [0.2, 0.25) is 0 Å². The summed E-state index contributed by atoms with van der Waals surface area (Å²) < 4.78 is 5.74. The number of rotatable bonds is 3. The standard InChI is InChI=1S/C23H23N3O/c1-2-6-17-15-18(10-9-16(17)5-1)20-11-12-23(26-25-20)24-21-13-14-27-22-8-4-3-7-19(21)22/h3-4,7-12,15,21H,1-2,5-6,13-14H2,(H,24,26). The van der Waals surface area contributed by atoms with Crippen molar-refractivity contribution in [3.05, 3.63) is 71.3 Å². The fourth-order valence-corrected chi connectivity index (χ4v) is 4.13. The SMILES string of the molecule is c1ccc2c(c1)OCCC2Nc1ccc(-c2ccc3c(c2)CCCC3)nn1. The number of aromatic nitrogens is 2. The molecular formula is C23H23N3O. The first-order valence-electron chi connectivity index (χ1n) is 9.81. The van der Waals surface area contributed by atoms with Crippen molar-refractivity contribution in [1.29, 1.82) is 0 Å². The number of nitrogens with one attached hydrogen (secondary N) is 1. The smallest absolute Gasteiger partial charge is 0.149 e. The molecule has 0 spiro atoms. The first-order chi connectivity index (χ1) is 13.4. The number of aryl methyl sites for hydroxylation is 2. The Morgan fingerprint density at radius 2 is 1.78 bits per heavy atom. The number of anilines is 1. The minimum absolute atomic E-state index is 0.207. The Morgan fingerprint density at radius 1 is 0.889 bits per heavy atom. The van der Waals surface area contributed by atoms with Gasteiger partial charge in [0.1, 0.15) is 11.6 Å². The van der Waals surface area contributed by atoms with Crippen LogP contribution in [0.15, 0.2) is 54.6 Å². The zero-order valence-electron chi connectivity index (χ0n) is 15.3. The van der Waals surface area contributed by atoms with Crippen LogP contribution in [0.1, 0.15) is 42.0 Å². The van der Waals surface area contributed by atoms with E-state index in [0.717, 1.165) is 35.9 Å². The lowest BCUT2D eigenvalue weighted by atomic mass is 9.90. The number of ether oxygens (including phenoxy) is 1. The first-order valence-corrected chi connectivity index (χ1v) is 9.81. The Kier molecular flexibility index (Phi) is 4.24. The van der Waals surface area contributed by atoms with Crippen molar-refractivity contribution in [3.63, 3.8) is 0 Å². The molecule has 1 N–H and O–H groups in total. The Labute approximate surface area is 159 Å². The average Bonchev–Trinajstić information content (AvgIpc) is 2.74. The molecule has 136 valence electrons. The van der Waals surface area contributed by atoms with E-state index in [4.69, 9.17) is 4.74 Å². The van der Waals surface area contributed by atoms with Gasteiger partial charge in [0, 0.05) is 17.5 Å². The lowest BCUT2D eigenvalue weighted by molar-refractivity contribution is 0.274. The Morgan fingerprint density at radius 3 is 2.67 bits per heavy atom. The molecule has 1 aromatic heterocycles. The van der Waals surface area contributed by atoms with Crippen LogP contribution in [0.25, 0.3) is 11.3 Å². The number of benzene rings is 2. The van der Waals surface area contributed by atoms with E-state index in [1.54, 1.807) is 0 Å². The predicted molar refractivity (Wildman–Crippen MR) is 107 cm³/mol. The van der Waals surface area contributed by atoms with Crippen LogP contribution < -0.4 is 10.1 Å². The molecule has 2 heterocycles. The maximum absolute atomic E-state index is 5.74. The summed E-state index contributed by atoms with van der Waals surface area (Å²) in [6.07, 6.45) is 5.90. The van der Waals surface area contributed by atoms with Crippen molar-refractivity contribution in [2.45, 2.75) is 38.1 Å². The first kappa shape index (κ1) is 16.3. The number of fused-ring (bicyclic) bond motifs is 2. The van der Waals surface area contributed by atoms with Crippen molar-refractivity contribution in [3.8, 4) is 17.0 Å². The molecule has 4 heteroatoms. The van der Waals surface area contributed by atoms with Crippen LogP contribution in [0.5, 0.6) is 5.75 Å². The van der Waals surface area contributed by atoms with Crippen molar-refractivity contribution < 1.29 is 4.74 Å². The van der Waals surface area contributed by atoms with Gasteiger partial charge in [-0.2, -0.15) is 0 Å². The predicted octanol–water partition coefficient (Wildman–Crippen LogP) is 4.96. The van der Waals surface area contributed by atoms with Gasteiger partial charge in [-0.05, 0) is 61.1 Å². The molecule has 27 heavy (non-hydrogen) atoms. The minimum Gasteiger partial charge on any atom is -0.493 e. The van der Waals surface area contributed by atoms with Gasteiger partial charge < -0.3 is 10.1 Å².